The smallest absolute Gasteiger partial charge is 0.0909 e. The second-order valence-corrected chi connectivity index (χ2v) is 6.05. The Kier molecular flexibility index (Phi) is 4.43. The van der Waals surface area contributed by atoms with Gasteiger partial charge in [-0.05, 0) is 42.2 Å². The number of rotatable bonds is 4. The molecule has 1 atom stereocenters. The summed E-state index contributed by atoms with van der Waals surface area (Å²) in [6, 6.07) is 16.3. The minimum absolute atomic E-state index is 0.618. The van der Waals surface area contributed by atoms with Gasteiger partial charge in [0.15, 0.2) is 0 Å². The topological polar surface area (TPSA) is 20.2 Å². The van der Waals surface area contributed by atoms with Crippen molar-refractivity contribution in [3.8, 4) is 0 Å². The predicted octanol–water partition coefficient (Wildman–Crippen LogP) is 4.46. The fourth-order valence-electron chi connectivity index (χ4n) is 2.22. The second kappa shape index (κ2) is 5.89. The van der Waals surface area contributed by atoms with Crippen LogP contribution in [-0.4, -0.2) is 5.11 Å². The summed E-state index contributed by atoms with van der Waals surface area (Å²) in [7, 11) is 0. The standard InChI is InChI=1S/C17H19BrO/c1-3-13-7-9-14(10-8-13)12-17(2,19)15-5-4-6-16(18)11-15/h4-11,19H,3,12H2,1-2H3. The first-order chi connectivity index (χ1) is 9.01. The summed E-state index contributed by atoms with van der Waals surface area (Å²) in [6.45, 7) is 4.01. The lowest BCUT2D eigenvalue weighted by molar-refractivity contribution is 0.0575. The molecule has 0 fully saturated rings. The molecule has 0 aromatic heterocycles. The van der Waals surface area contributed by atoms with E-state index in [1.54, 1.807) is 0 Å². The Morgan fingerprint density at radius 3 is 2.26 bits per heavy atom. The Morgan fingerprint density at radius 1 is 1.05 bits per heavy atom. The zero-order chi connectivity index (χ0) is 13.9. The van der Waals surface area contributed by atoms with E-state index in [1.165, 1.54) is 5.56 Å². The molecule has 2 aromatic carbocycles. The number of benzene rings is 2. The average molecular weight is 319 g/mol. The highest BCUT2D eigenvalue weighted by atomic mass is 79.9. The Morgan fingerprint density at radius 2 is 1.68 bits per heavy atom. The van der Waals surface area contributed by atoms with Crippen molar-refractivity contribution in [3.05, 3.63) is 69.7 Å². The van der Waals surface area contributed by atoms with E-state index in [1.807, 2.05) is 31.2 Å². The molecule has 0 saturated carbocycles. The molecule has 0 aliphatic carbocycles. The van der Waals surface area contributed by atoms with E-state index in [9.17, 15) is 5.11 Å². The van der Waals surface area contributed by atoms with Crippen LogP contribution >= 0.6 is 15.9 Å². The van der Waals surface area contributed by atoms with Crippen LogP contribution in [0.25, 0.3) is 0 Å². The highest BCUT2D eigenvalue weighted by Crippen LogP contribution is 2.27. The van der Waals surface area contributed by atoms with Crippen molar-refractivity contribution in [2.75, 3.05) is 0 Å². The van der Waals surface area contributed by atoms with Gasteiger partial charge in [-0.3, -0.25) is 0 Å². The minimum atomic E-state index is -0.850. The van der Waals surface area contributed by atoms with Crippen molar-refractivity contribution in [2.24, 2.45) is 0 Å². The third-order valence-corrected chi connectivity index (χ3v) is 3.92. The van der Waals surface area contributed by atoms with Crippen LogP contribution in [0.1, 0.15) is 30.5 Å². The Balaban J connectivity index is 2.20. The third-order valence-electron chi connectivity index (χ3n) is 3.43. The highest BCUT2D eigenvalue weighted by Gasteiger charge is 2.23. The molecule has 0 aliphatic heterocycles. The lowest BCUT2D eigenvalue weighted by atomic mass is 9.89. The SMILES string of the molecule is CCc1ccc(CC(C)(O)c2cccc(Br)c2)cc1. The van der Waals surface area contributed by atoms with Gasteiger partial charge >= 0.3 is 0 Å². The molecular formula is C17H19BrO. The maximum Gasteiger partial charge on any atom is 0.0909 e. The summed E-state index contributed by atoms with van der Waals surface area (Å²) in [5.41, 5.74) is 2.56. The van der Waals surface area contributed by atoms with Crippen molar-refractivity contribution in [2.45, 2.75) is 32.3 Å². The molecule has 2 heteroatoms. The first-order valence-electron chi connectivity index (χ1n) is 6.57. The van der Waals surface area contributed by atoms with Gasteiger partial charge in [0.2, 0.25) is 0 Å². The van der Waals surface area contributed by atoms with Crippen LogP contribution in [-0.2, 0) is 18.4 Å². The van der Waals surface area contributed by atoms with Gasteiger partial charge in [-0.25, -0.2) is 0 Å². The summed E-state index contributed by atoms with van der Waals surface area (Å²) >= 11 is 3.45. The quantitative estimate of drug-likeness (QED) is 0.882. The van der Waals surface area contributed by atoms with E-state index in [0.29, 0.717) is 6.42 Å². The summed E-state index contributed by atoms with van der Waals surface area (Å²) in [4.78, 5) is 0. The number of halogens is 1. The maximum atomic E-state index is 10.7. The lowest BCUT2D eigenvalue weighted by Gasteiger charge is -2.24. The maximum absolute atomic E-state index is 10.7. The van der Waals surface area contributed by atoms with Crippen molar-refractivity contribution in [1.82, 2.24) is 0 Å². The zero-order valence-corrected chi connectivity index (χ0v) is 12.9. The number of aryl methyl sites for hydroxylation is 1. The summed E-state index contributed by atoms with van der Waals surface area (Å²) in [5.74, 6) is 0. The molecule has 0 bridgehead atoms. The van der Waals surface area contributed by atoms with E-state index in [2.05, 4.69) is 47.1 Å². The predicted molar refractivity (Wildman–Crippen MR) is 83.2 cm³/mol. The van der Waals surface area contributed by atoms with Gasteiger partial charge < -0.3 is 5.11 Å². The lowest BCUT2D eigenvalue weighted by Crippen LogP contribution is -2.24. The first-order valence-corrected chi connectivity index (χ1v) is 7.37. The van der Waals surface area contributed by atoms with Gasteiger partial charge in [0.1, 0.15) is 0 Å². The van der Waals surface area contributed by atoms with Gasteiger partial charge in [-0.2, -0.15) is 0 Å². The fraction of sp³-hybridized carbons (Fsp3) is 0.294. The highest BCUT2D eigenvalue weighted by molar-refractivity contribution is 9.10. The van der Waals surface area contributed by atoms with E-state index >= 15 is 0 Å². The molecule has 0 saturated heterocycles. The number of hydrogen-bond acceptors (Lipinski definition) is 1. The van der Waals surface area contributed by atoms with Crippen LogP contribution in [0.5, 0.6) is 0 Å². The average Bonchev–Trinajstić information content (AvgIpc) is 2.39. The van der Waals surface area contributed by atoms with E-state index in [-0.39, 0.29) is 0 Å². The van der Waals surface area contributed by atoms with Gasteiger partial charge in [-0.1, -0.05) is 59.3 Å². The van der Waals surface area contributed by atoms with Crippen LogP contribution in [0.4, 0.5) is 0 Å². The number of hydrogen-bond donors (Lipinski definition) is 1. The molecule has 1 unspecified atom stereocenters. The number of aliphatic hydroxyl groups is 1. The Bertz CT molecular complexity index is 543. The molecule has 2 aromatic rings. The molecule has 0 spiro atoms. The molecule has 0 radical (unpaired) electrons. The van der Waals surface area contributed by atoms with Crippen molar-refractivity contribution < 1.29 is 5.11 Å². The van der Waals surface area contributed by atoms with Crippen molar-refractivity contribution in [3.63, 3.8) is 0 Å². The second-order valence-electron chi connectivity index (χ2n) is 5.13. The molecule has 1 N–H and O–H groups in total. The first kappa shape index (κ1) is 14.3. The molecular weight excluding hydrogens is 300 g/mol. The summed E-state index contributed by atoms with van der Waals surface area (Å²) in [6.07, 6.45) is 1.66. The molecule has 0 aliphatic rings. The summed E-state index contributed by atoms with van der Waals surface area (Å²) in [5, 5.41) is 10.7. The Labute approximate surface area is 123 Å². The monoisotopic (exact) mass is 318 g/mol. The van der Waals surface area contributed by atoms with Gasteiger partial charge in [0, 0.05) is 10.9 Å². The molecule has 0 heterocycles. The largest absolute Gasteiger partial charge is 0.385 e. The molecule has 0 amide bonds. The van der Waals surface area contributed by atoms with E-state index in [4.69, 9.17) is 0 Å². The molecule has 100 valence electrons. The van der Waals surface area contributed by atoms with Crippen LogP contribution in [0, 0.1) is 0 Å². The van der Waals surface area contributed by atoms with Crippen LogP contribution < -0.4 is 0 Å². The molecule has 19 heavy (non-hydrogen) atoms. The van der Waals surface area contributed by atoms with Crippen LogP contribution in [0.3, 0.4) is 0 Å². The third kappa shape index (κ3) is 3.68. The van der Waals surface area contributed by atoms with E-state index in [0.717, 1.165) is 22.0 Å². The summed E-state index contributed by atoms with van der Waals surface area (Å²) < 4.78 is 0.992. The van der Waals surface area contributed by atoms with E-state index < -0.39 is 5.60 Å². The van der Waals surface area contributed by atoms with Crippen molar-refractivity contribution >= 4 is 15.9 Å². The molecule has 2 rings (SSSR count). The Hall–Kier alpha value is -1.12. The van der Waals surface area contributed by atoms with Gasteiger partial charge in [0.05, 0.1) is 5.60 Å². The molecule has 1 nitrogen and oxygen atoms in total. The zero-order valence-electron chi connectivity index (χ0n) is 11.4. The minimum Gasteiger partial charge on any atom is -0.385 e. The van der Waals surface area contributed by atoms with Crippen molar-refractivity contribution in [1.29, 1.82) is 0 Å². The van der Waals surface area contributed by atoms with Gasteiger partial charge in [-0.15, -0.1) is 0 Å². The van der Waals surface area contributed by atoms with Gasteiger partial charge in [0.25, 0.3) is 0 Å². The normalized spacial score (nSPS) is 14.1. The fourth-order valence-corrected chi connectivity index (χ4v) is 2.62. The van der Waals surface area contributed by atoms with Crippen LogP contribution in [0.15, 0.2) is 53.0 Å². The van der Waals surface area contributed by atoms with Crippen LogP contribution in [0.2, 0.25) is 0 Å².